The first-order valence-corrected chi connectivity index (χ1v) is 11.1. The minimum atomic E-state index is -4.51. The molecule has 1 fully saturated rings. The van der Waals surface area contributed by atoms with Gasteiger partial charge in [-0.1, -0.05) is 25.0 Å². The molecule has 2 aromatic heterocycles. The highest BCUT2D eigenvalue weighted by molar-refractivity contribution is 7.89. The lowest BCUT2D eigenvalue weighted by Crippen LogP contribution is -2.49. The van der Waals surface area contributed by atoms with E-state index < -0.39 is 21.9 Å². The number of hydrogen-bond acceptors (Lipinski definition) is 4. The number of fused-ring (bicyclic) bond motifs is 1. The summed E-state index contributed by atoms with van der Waals surface area (Å²) in [7, 11) is -3.75. The van der Waals surface area contributed by atoms with E-state index in [1.165, 1.54) is 18.3 Å². The van der Waals surface area contributed by atoms with Crippen molar-refractivity contribution in [1.82, 2.24) is 14.7 Å². The van der Waals surface area contributed by atoms with Gasteiger partial charge in [0.1, 0.15) is 11.3 Å². The molecule has 0 bridgehead atoms. The predicted octanol–water partition coefficient (Wildman–Crippen LogP) is 3.80. The van der Waals surface area contributed by atoms with Crippen LogP contribution in [0.4, 0.5) is 13.2 Å². The van der Waals surface area contributed by atoms with Crippen molar-refractivity contribution in [3.63, 3.8) is 0 Å². The summed E-state index contributed by atoms with van der Waals surface area (Å²) in [6.45, 7) is 0. The van der Waals surface area contributed by atoms with E-state index in [-0.39, 0.29) is 22.6 Å². The fourth-order valence-corrected chi connectivity index (χ4v) is 5.14. The molecule has 1 aliphatic carbocycles. The van der Waals surface area contributed by atoms with Gasteiger partial charge in [0.15, 0.2) is 0 Å². The molecule has 1 saturated carbocycles. The summed E-state index contributed by atoms with van der Waals surface area (Å²) in [6.07, 6.45) is 0.286. The van der Waals surface area contributed by atoms with Gasteiger partial charge >= 0.3 is 6.18 Å². The third kappa shape index (κ3) is 4.07. The van der Waals surface area contributed by atoms with Crippen molar-refractivity contribution < 1.29 is 21.6 Å². The number of hydrogen-bond donors (Lipinski definition) is 3. The van der Waals surface area contributed by atoms with Crippen LogP contribution in [-0.2, 0) is 16.2 Å². The lowest BCUT2D eigenvalue weighted by atomic mass is 9.92. The number of nitrogens with two attached hydrogens (primary N) is 1. The van der Waals surface area contributed by atoms with Crippen molar-refractivity contribution in [3.8, 4) is 11.1 Å². The number of halogens is 3. The molecule has 0 spiro atoms. The average Bonchev–Trinajstić information content (AvgIpc) is 3.15. The molecule has 1 aliphatic rings. The van der Waals surface area contributed by atoms with E-state index in [0.29, 0.717) is 22.9 Å². The minimum Gasteiger partial charge on any atom is -0.336 e. The van der Waals surface area contributed by atoms with Crippen molar-refractivity contribution in [3.05, 3.63) is 48.3 Å². The molecule has 1 aromatic carbocycles. The number of benzene rings is 1. The topological polar surface area (TPSA) is 101 Å². The van der Waals surface area contributed by atoms with Gasteiger partial charge in [0.2, 0.25) is 10.0 Å². The Labute approximate surface area is 171 Å². The van der Waals surface area contributed by atoms with Gasteiger partial charge in [-0.05, 0) is 48.2 Å². The smallest absolute Gasteiger partial charge is 0.336 e. The zero-order valence-electron chi connectivity index (χ0n) is 15.9. The van der Waals surface area contributed by atoms with E-state index in [1.807, 2.05) is 0 Å². The Balaban J connectivity index is 1.63. The van der Waals surface area contributed by atoms with Crippen LogP contribution in [0.1, 0.15) is 31.4 Å². The number of nitrogens with one attached hydrogen (secondary N) is 2. The molecule has 0 amide bonds. The van der Waals surface area contributed by atoms with Crippen LogP contribution in [0.3, 0.4) is 0 Å². The molecule has 10 heteroatoms. The largest absolute Gasteiger partial charge is 0.431 e. The Bertz CT molecular complexity index is 1160. The molecule has 0 saturated heterocycles. The Morgan fingerprint density at radius 3 is 2.47 bits per heavy atom. The molecule has 2 atom stereocenters. The third-order valence-electron chi connectivity index (χ3n) is 5.44. The van der Waals surface area contributed by atoms with Gasteiger partial charge in [-0.15, -0.1) is 0 Å². The average molecular weight is 438 g/mol. The SMILES string of the molecule is N[C@H]1CCCC[C@@H]1NS(=O)(=O)c1ccc(-c2ccnc3[nH]c(C(F)(F)F)cc23)cc1. The molecular formula is C20H21F3N4O2S. The number of alkyl halides is 3. The zero-order chi connectivity index (χ0) is 21.5. The number of nitrogens with zero attached hydrogens (tertiary/aromatic N) is 1. The van der Waals surface area contributed by atoms with Gasteiger partial charge in [0.05, 0.1) is 4.90 Å². The molecule has 0 aliphatic heterocycles. The number of rotatable bonds is 4. The Kier molecular flexibility index (Phi) is 5.33. The van der Waals surface area contributed by atoms with Gasteiger partial charge in [-0.3, -0.25) is 0 Å². The molecule has 30 heavy (non-hydrogen) atoms. The summed E-state index contributed by atoms with van der Waals surface area (Å²) in [4.78, 5) is 6.32. The lowest BCUT2D eigenvalue weighted by Gasteiger charge is -2.29. The van der Waals surface area contributed by atoms with E-state index in [9.17, 15) is 21.6 Å². The highest BCUT2D eigenvalue weighted by Crippen LogP contribution is 2.34. The molecule has 0 radical (unpaired) electrons. The molecule has 6 nitrogen and oxygen atoms in total. The fourth-order valence-electron chi connectivity index (χ4n) is 3.82. The number of sulfonamides is 1. The summed E-state index contributed by atoms with van der Waals surface area (Å²) >= 11 is 0. The lowest BCUT2D eigenvalue weighted by molar-refractivity contribution is -0.140. The molecule has 0 unspecified atom stereocenters. The second-order valence-electron chi connectivity index (χ2n) is 7.50. The molecule has 160 valence electrons. The van der Waals surface area contributed by atoms with Crippen molar-refractivity contribution in [2.75, 3.05) is 0 Å². The highest BCUT2D eigenvalue weighted by Gasteiger charge is 2.33. The van der Waals surface area contributed by atoms with E-state index >= 15 is 0 Å². The van der Waals surface area contributed by atoms with Gasteiger partial charge in [0.25, 0.3) is 0 Å². The Hall–Kier alpha value is -2.43. The maximum absolute atomic E-state index is 13.0. The summed E-state index contributed by atoms with van der Waals surface area (Å²) in [6, 6.07) is 8.12. The normalized spacial score (nSPS) is 20.5. The zero-order valence-corrected chi connectivity index (χ0v) is 16.7. The quantitative estimate of drug-likeness (QED) is 0.577. The summed E-state index contributed by atoms with van der Waals surface area (Å²) < 4.78 is 67.2. The van der Waals surface area contributed by atoms with Gasteiger partial charge in [-0.2, -0.15) is 13.2 Å². The monoisotopic (exact) mass is 438 g/mol. The van der Waals surface area contributed by atoms with E-state index in [0.717, 1.165) is 25.3 Å². The third-order valence-corrected chi connectivity index (χ3v) is 6.94. The van der Waals surface area contributed by atoms with E-state index in [2.05, 4.69) is 14.7 Å². The first-order valence-electron chi connectivity index (χ1n) is 9.58. The number of pyridine rings is 1. The molecule has 2 heterocycles. The van der Waals surface area contributed by atoms with Crippen LogP contribution in [0.15, 0.2) is 47.5 Å². The minimum absolute atomic E-state index is 0.0828. The van der Waals surface area contributed by atoms with Crippen LogP contribution in [0.25, 0.3) is 22.2 Å². The first-order chi connectivity index (χ1) is 14.1. The number of H-pyrrole nitrogens is 1. The fraction of sp³-hybridized carbons (Fsp3) is 0.350. The van der Waals surface area contributed by atoms with Crippen LogP contribution in [0.5, 0.6) is 0 Å². The highest BCUT2D eigenvalue weighted by atomic mass is 32.2. The second-order valence-corrected chi connectivity index (χ2v) is 9.22. The van der Waals surface area contributed by atoms with Crippen molar-refractivity contribution in [1.29, 1.82) is 0 Å². The van der Waals surface area contributed by atoms with Crippen LogP contribution >= 0.6 is 0 Å². The molecule has 4 rings (SSSR count). The molecule has 4 N–H and O–H groups in total. The number of aromatic amines is 1. The van der Waals surface area contributed by atoms with Gasteiger partial charge in [-0.25, -0.2) is 18.1 Å². The van der Waals surface area contributed by atoms with Crippen LogP contribution in [0, 0.1) is 0 Å². The standard InChI is InChI=1S/C20H21F3N4O2S/c21-20(22,23)18-11-15-14(9-10-25-19(15)26-18)12-5-7-13(8-6-12)30(28,29)27-17-4-2-1-3-16(17)24/h5-11,16-17,27H,1-4,24H2,(H,25,26)/t16-,17-/m0/s1. The summed E-state index contributed by atoms with van der Waals surface area (Å²) in [5.74, 6) is 0. The van der Waals surface area contributed by atoms with E-state index in [1.54, 1.807) is 18.2 Å². The van der Waals surface area contributed by atoms with Crippen LogP contribution in [0.2, 0.25) is 0 Å². The summed E-state index contributed by atoms with van der Waals surface area (Å²) in [5, 5.41) is 0.312. The van der Waals surface area contributed by atoms with E-state index in [4.69, 9.17) is 5.73 Å². The van der Waals surface area contributed by atoms with Crippen molar-refractivity contribution in [2.24, 2.45) is 5.73 Å². The summed E-state index contributed by atoms with van der Waals surface area (Å²) in [5.41, 5.74) is 6.38. The van der Waals surface area contributed by atoms with Gasteiger partial charge < -0.3 is 10.7 Å². The van der Waals surface area contributed by atoms with Crippen LogP contribution < -0.4 is 10.5 Å². The number of aromatic nitrogens is 2. The van der Waals surface area contributed by atoms with Crippen molar-refractivity contribution >= 4 is 21.1 Å². The van der Waals surface area contributed by atoms with Crippen LogP contribution in [-0.4, -0.2) is 30.5 Å². The van der Waals surface area contributed by atoms with Crippen molar-refractivity contribution in [2.45, 2.75) is 48.8 Å². The molecular weight excluding hydrogens is 417 g/mol. The Morgan fingerprint density at radius 2 is 1.80 bits per heavy atom. The van der Waals surface area contributed by atoms with Gasteiger partial charge in [0, 0.05) is 23.7 Å². The predicted molar refractivity (Wildman–Crippen MR) is 107 cm³/mol. The Morgan fingerprint density at radius 1 is 1.10 bits per heavy atom. The second kappa shape index (κ2) is 7.68. The molecule has 3 aromatic rings. The maximum Gasteiger partial charge on any atom is 0.431 e. The maximum atomic E-state index is 13.0. The first kappa shape index (κ1) is 20.8.